The van der Waals surface area contributed by atoms with Gasteiger partial charge in [-0.25, -0.2) is 4.98 Å². The molecule has 1 aromatic heterocycles. The van der Waals surface area contributed by atoms with Gasteiger partial charge in [0.2, 0.25) is 0 Å². The van der Waals surface area contributed by atoms with Gasteiger partial charge in [0, 0.05) is 12.1 Å². The number of aryl methyl sites for hydroxylation is 1. The minimum atomic E-state index is -0.446. The number of nitriles is 1. The normalized spacial score (nSPS) is 26.4. The molecule has 0 saturated heterocycles. The van der Waals surface area contributed by atoms with Crippen molar-refractivity contribution in [3.63, 3.8) is 0 Å². The highest BCUT2D eigenvalue weighted by atomic mass is 16.5. The van der Waals surface area contributed by atoms with Crippen LogP contribution in [0.4, 0.5) is 0 Å². The van der Waals surface area contributed by atoms with Crippen LogP contribution in [0.2, 0.25) is 0 Å². The van der Waals surface area contributed by atoms with Gasteiger partial charge in [0.15, 0.2) is 0 Å². The molecule has 0 aliphatic heterocycles. The van der Waals surface area contributed by atoms with Gasteiger partial charge in [-0.3, -0.25) is 0 Å². The molecule has 4 heteroatoms. The molecule has 0 amide bonds. The van der Waals surface area contributed by atoms with Crippen molar-refractivity contribution < 1.29 is 4.74 Å². The third-order valence-corrected chi connectivity index (χ3v) is 8.48. The maximum atomic E-state index is 10.3. The SMILES string of the molecule is Cc1nc([C@]2(OCC3CC3)CC[C@](C#N)(c3ccccc3)CC2)n(CC2CC2)c1-c1ccccc1. The zero-order valence-corrected chi connectivity index (χ0v) is 20.7. The molecular weight excluding hydrogens is 430 g/mol. The van der Waals surface area contributed by atoms with Crippen LogP contribution in [0.15, 0.2) is 60.7 Å². The van der Waals surface area contributed by atoms with Gasteiger partial charge in [-0.05, 0) is 75.7 Å². The van der Waals surface area contributed by atoms with Crippen LogP contribution < -0.4 is 0 Å². The van der Waals surface area contributed by atoms with Gasteiger partial charge in [-0.2, -0.15) is 5.26 Å². The number of ether oxygens (including phenoxy) is 1. The van der Waals surface area contributed by atoms with Crippen LogP contribution in [0, 0.1) is 30.1 Å². The first-order valence-electron chi connectivity index (χ1n) is 13.4. The van der Waals surface area contributed by atoms with Crippen molar-refractivity contribution in [2.24, 2.45) is 11.8 Å². The Kier molecular flexibility index (Phi) is 5.77. The van der Waals surface area contributed by atoms with Crippen molar-refractivity contribution in [1.82, 2.24) is 9.55 Å². The molecule has 0 atom stereocenters. The van der Waals surface area contributed by atoms with E-state index < -0.39 is 11.0 Å². The maximum absolute atomic E-state index is 10.3. The van der Waals surface area contributed by atoms with E-state index in [1.54, 1.807) is 0 Å². The molecule has 0 N–H and O–H groups in total. The summed E-state index contributed by atoms with van der Waals surface area (Å²) >= 11 is 0. The van der Waals surface area contributed by atoms with Crippen LogP contribution in [0.3, 0.4) is 0 Å². The molecular formula is C31H35N3O. The highest BCUT2D eigenvalue weighted by molar-refractivity contribution is 5.63. The summed E-state index contributed by atoms with van der Waals surface area (Å²) in [5, 5.41) is 10.3. The Balaban J connectivity index is 1.41. The van der Waals surface area contributed by atoms with Crippen molar-refractivity contribution >= 4 is 0 Å². The van der Waals surface area contributed by atoms with E-state index in [9.17, 15) is 5.26 Å². The maximum Gasteiger partial charge on any atom is 0.141 e. The first-order valence-corrected chi connectivity index (χ1v) is 13.4. The molecule has 3 aliphatic carbocycles. The predicted molar refractivity (Wildman–Crippen MR) is 138 cm³/mol. The molecule has 3 aromatic rings. The molecule has 2 aromatic carbocycles. The Hall–Kier alpha value is -2.90. The van der Waals surface area contributed by atoms with Gasteiger partial charge in [0.25, 0.3) is 0 Å². The zero-order chi connectivity index (χ0) is 23.9. The molecule has 0 radical (unpaired) electrons. The summed E-state index contributed by atoms with van der Waals surface area (Å²) in [5.41, 5.74) is 3.82. The van der Waals surface area contributed by atoms with Crippen molar-refractivity contribution in [3.8, 4) is 17.3 Å². The van der Waals surface area contributed by atoms with E-state index in [-0.39, 0.29) is 0 Å². The highest BCUT2D eigenvalue weighted by Crippen LogP contribution is 2.50. The predicted octanol–water partition coefficient (Wildman–Crippen LogP) is 6.93. The fourth-order valence-electron chi connectivity index (χ4n) is 5.92. The number of imidazole rings is 1. The van der Waals surface area contributed by atoms with Gasteiger partial charge in [0.1, 0.15) is 11.4 Å². The molecule has 4 nitrogen and oxygen atoms in total. The van der Waals surface area contributed by atoms with Crippen LogP contribution in [-0.4, -0.2) is 16.2 Å². The van der Waals surface area contributed by atoms with Crippen LogP contribution >= 0.6 is 0 Å². The summed E-state index contributed by atoms with van der Waals surface area (Å²) in [4.78, 5) is 5.26. The van der Waals surface area contributed by atoms with Crippen LogP contribution in [-0.2, 0) is 22.3 Å². The Labute approximate surface area is 209 Å². The first-order chi connectivity index (χ1) is 17.1. The number of rotatable bonds is 8. The third kappa shape index (κ3) is 4.32. The molecule has 3 saturated carbocycles. The van der Waals surface area contributed by atoms with Gasteiger partial charge in [0.05, 0.1) is 29.5 Å². The van der Waals surface area contributed by atoms with E-state index in [0.717, 1.165) is 61.8 Å². The Morgan fingerprint density at radius 3 is 2.14 bits per heavy atom. The van der Waals surface area contributed by atoms with Gasteiger partial charge in [-0.15, -0.1) is 0 Å². The van der Waals surface area contributed by atoms with Crippen molar-refractivity contribution in [3.05, 3.63) is 77.7 Å². The van der Waals surface area contributed by atoms with Crippen molar-refractivity contribution in [1.29, 1.82) is 5.26 Å². The van der Waals surface area contributed by atoms with Crippen molar-refractivity contribution in [2.45, 2.75) is 75.9 Å². The lowest BCUT2D eigenvalue weighted by atomic mass is 9.65. The number of nitrogens with zero attached hydrogens (tertiary/aromatic N) is 3. The molecule has 3 aliphatic rings. The van der Waals surface area contributed by atoms with Crippen molar-refractivity contribution in [2.75, 3.05) is 6.61 Å². The quantitative estimate of drug-likeness (QED) is 0.362. The lowest BCUT2D eigenvalue weighted by molar-refractivity contribution is -0.0959. The number of aromatic nitrogens is 2. The van der Waals surface area contributed by atoms with Crippen LogP contribution in [0.1, 0.15) is 68.4 Å². The lowest BCUT2D eigenvalue weighted by Gasteiger charge is -2.43. The summed E-state index contributed by atoms with van der Waals surface area (Å²) in [7, 11) is 0. The monoisotopic (exact) mass is 465 g/mol. The summed E-state index contributed by atoms with van der Waals surface area (Å²) in [5.74, 6) is 2.52. The van der Waals surface area contributed by atoms with E-state index >= 15 is 0 Å². The van der Waals surface area contributed by atoms with E-state index in [0.29, 0.717) is 5.92 Å². The first kappa shape index (κ1) is 22.6. The molecule has 35 heavy (non-hydrogen) atoms. The Morgan fingerprint density at radius 1 is 0.914 bits per heavy atom. The average molecular weight is 466 g/mol. The summed E-state index contributed by atoms with van der Waals surface area (Å²) < 4.78 is 9.41. The summed E-state index contributed by atoms with van der Waals surface area (Å²) in [6, 6.07) is 23.8. The summed E-state index contributed by atoms with van der Waals surface area (Å²) in [6.07, 6.45) is 8.40. The molecule has 6 rings (SSSR count). The average Bonchev–Trinajstić information content (AvgIpc) is 3.84. The molecule has 0 spiro atoms. The van der Waals surface area contributed by atoms with Gasteiger partial charge < -0.3 is 9.30 Å². The second kappa shape index (κ2) is 8.95. The molecule has 3 fully saturated rings. The minimum Gasteiger partial charge on any atom is -0.367 e. The number of benzene rings is 2. The van der Waals surface area contributed by atoms with E-state index in [1.165, 1.54) is 36.9 Å². The zero-order valence-electron chi connectivity index (χ0n) is 20.7. The fraction of sp³-hybridized carbons (Fsp3) is 0.484. The van der Waals surface area contributed by atoms with Crippen LogP contribution in [0.5, 0.6) is 0 Å². The number of hydrogen-bond donors (Lipinski definition) is 0. The Morgan fingerprint density at radius 2 is 1.54 bits per heavy atom. The van der Waals surface area contributed by atoms with Gasteiger partial charge in [-0.1, -0.05) is 60.7 Å². The number of hydrogen-bond acceptors (Lipinski definition) is 3. The second-order valence-electron chi connectivity index (χ2n) is 11.1. The topological polar surface area (TPSA) is 50.8 Å². The highest BCUT2D eigenvalue weighted by Gasteiger charge is 2.49. The standard InChI is InChI=1S/C31H35N3O/c1-23-28(26-8-4-2-5-9-26)34(20-24-12-13-24)29(33-23)31(35-21-25-14-15-25)18-16-30(22-32,17-19-31)27-10-6-3-7-11-27/h2-11,24-25H,12-21H2,1H3/t30-,31-. The molecule has 1 heterocycles. The van der Waals surface area contributed by atoms with Crippen LogP contribution in [0.25, 0.3) is 11.3 Å². The fourth-order valence-corrected chi connectivity index (χ4v) is 5.92. The minimum absolute atomic E-state index is 0.426. The molecule has 0 bridgehead atoms. The molecule has 180 valence electrons. The molecule has 0 unspecified atom stereocenters. The van der Waals surface area contributed by atoms with E-state index in [4.69, 9.17) is 9.72 Å². The Bertz CT molecular complexity index is 1210. The second-order valence-corrected chi connectivity index (χ2v) is 11.1. The largest absolute Gasteiger partial charge is 0.367 e. The summed E-state index contributed by atoms with van der Waals surface area (Å²) in [6.45, 7) is 3.97. The smallest absolute Gasteiger partial charge is 0.141 e. The van der Waals surface area contributed by atoms with E-state index in [2.05, 4.69) is 72.2 Å². The lowest BCUT2D eigenvalue weighted by Crippen LogP contribution is -2.43. The third-order valence-electron chi connectivity index (χ3n) is 8.48. The van der Waals surface area contributed by atoms with Gasteiger partial charge >= 0.3 is 0 Å². The van der Waals surface area contributed by atoms with E-state index in [1.807, 2.05) is 6.07 Å².